The molecule has 8 nitrogen and oxygen atoms in total. The SMILES string of the molecule is CC/C=C/C/C=C/C/C=C/CCCCC(=O)OCC(COCCC(C(=O)[O-])[N+](C)(C)C)OC(=O)CCCCCCC/C=C/C=C/C=C/CCCCCCC. The van der Waals surface area contributed by atoms with Crippen molar-refractivity contribution in [2.75, 3.05) is 41.0 Å². The molecule has 0 amide bonds. The summed E-state index contributed by atoms with van der Waals surface area (Å²) in [5.74, 6) is -1.82. The van der Waals surface area contributed by atoms with Gasteiger partial charge in [-0.3, -0.25) is 9.59 Å². The number of ether oxygens (including phenoxy) is 3. The molecule has 0 bridgehead atoms. The number of carbonyl (C=O) groups is 3. The average molecular weight is 756 g/mol. The van der Waals surface area contributed by atoms with Crippen LogP contribution >= 0.6 is 0 Å². The Morgan fingerprint density at radius 3 is 1.72 bits per heavy atom. The molecule has 0 aliphatic carbocycles. The minimum atomic E-state index is -1.14. The van der Waals surface area contributed by atoms with Crippen molar-refractivity contribution in [2.24, 2.45) is 0 Å². The topological polar surface area (TPSA) is 102 Å². The van der Waals surface area contributed by atoms with Gasteiger partial charge in [-0.25, -0.2) is 0 Å². The van der Waals surface area contributed by atoms with Gasteiger partial charge in [0.1, 0.15) is 12.6 Å². The number of nitrogens with zero attached hydrogens (tertiary/aromatic N) is 1. The first-order valence-electron chi connectivity index (χ1n) is 21.0. The van der Waals surface area contributed by atoms with Crippen LogP contribution < -0.4 is 5.11 Å². The Hall–Kier alpha value is -3.23. The third-order valence-electron chi connectivity index (χ3n) is 8.89. The molecular weight excluding hydrogens is 679 g/mol. The number of carboxylic acids is 1. The second-order valence-electron chi connectivity index (χ2n) is 14.9. The molecule has 8 heteroatoms. The van der Waals surface area contributed by atoms with Gasteiger partial charge < -0.3 is 28.6 Å². The van der Waals surface area contributed by atoms with Crippen molar-refractivity contribution < 1.29 is 38.2 Å². The highest BCUT2D eigenvalue weighted by atomic mass is 16.6. The Bertz CT molecular complexity index is 1110. The summed E-state index contributed by atoms with van der Waals surface area (Å²) in [6.45, 7) is 4.44. The number of unbranched alkanes of at least 4 members (excludes halogenated alkanes) is 12. The predicted molar refractivity (Wildman–Crippen MR) is 222 cm³/mol. The van der Waals surface area contributed by atoms with E-state index in [-0.39, 0.29) is 49.1 Å². The highest BCUT2D eigenvalue weighted by molar-refractivity contribution is 5.70. The number of likely N-dealkylation sites (N-methyl/N-ethyl adjacent to an activating group) is 1. The molecule has 0 aliphatic heterocycles. The molecule has 0 fully saturated rings. The van der Waals surface area contributed by atoms with E-state index in [4.69, 9.17) is 14.2 Å². The molecule has 2 unspecified atom stereocenters. The van der Waals surface area contributed by atoms with Crippen LogP contribution in [-0.4, -0.2) is 75.5 Å². The van der Waals surface area contributed by atoms with Crippen LogP contribution in [-0.2, 0) is 28.6 Å². The summed E-state index contributed by atoms with van der Waals surface area (Å²) in [6.07, 6.45) is 45.0. The van der Waals surface area contributed by atoms with Gasteiger partial charge in [-0.2, -0.15) is 0 Å². The molecule has 0 heterocycles. The molecule has 2 atom stereocenters. The monoisotopic (exact) mass is 756 g/mol. The van der Waals surface area contributed by atoms with Gasteiger partial charge in [0.2, 0.25) is 0 Å². The Morgan fingerprint density at radius 2 is 1.11 bits per heavy atom. The fourth-order valence-electron chi connectivity index (χ4n) is 5.61. The van der Waals surface area contributed by atoms with Gasteiger partial charge in [-0.05, 0) is 70.6 Å². The Balaban J connectivity index is 4.47. The fraction of sp³-hybridized carbons (Fsp3) is 0.674. The smallest absolute Gasteiger partial charge is 0.306 e. The number of allylic oxidation sites excluding steroid dienone is 12. The van der Waals surface area contributed by atoms with E-state index in [1.54, 1.807) is 21.1 Å². The molecule has 0 aliphatic rings. The van der Waals surface area contributed by atoms with E-state index in [2.05, 4.69) is 86.8 Å². The second-order valence-corrected chi connectivity index (χ2v) is 14.9. The van der Waals surface area contributed by atoms with E-state index in [1.165, 1.54) is 32.1 Å². The van der Waals surface area contributed by atoms with Crippen LogP contribution in [0.25, 0.3) is 0 Å². The Labute approximate surface area is 330 Å². The van der Waals surface area contributed by atoms with Gasteiger partial charge in [0.15, 0.2) is 6.10 Å². The maximum atomic E-state index is 12.7. The quantitative estimate of drug-likeness (QED) is 0.0206. The summed E-state index contributed by atoms with van der Waals surface area (Å²) in [5, 5.41) is 11.6. The average Bonchev–Trinajstić information content (AvgIpc) is 3.12. The minimum Gasteiger partial charge on any atom is -0.544 e. The van der Waals surface area contributed by atoms with Crippen LogP contribution in [0.1, 0.15) is 149 Å². The van der Waals surface area contributed by atoms with Gasteiger partial charge in [0.25, 0.3) is 0 Å². The third kappa shape index (κ3) is 34.5. The van der Waals surface area contributed by atoms with Crippen LogP contribution in [0, 0.1) is 0 Å². The summed E-state index contributed by atoms with van der Waals surface area (Å²) < 4.78 is 17.1. The molecule has 308 valence electrons. The summed E-state index contributed by atoms with van der Waals surface area (Å²) in [5.41, 5.74) is 0. The van der Waals surface area contributed by atoms with Crippen molar-refractivity contribution in [3.63, 3.8) is 0 Å². The molecule has 0 aromatic rings. The molecule has 54 heavy (non-hydrogen) atoms. The summed E-state index contributed by atoms with van der Waals surface area (Å²) in [4.78, 5) is 36.7. The van der Waals surface area contributed by atoms with Crippen LogP contribution in [0.15, 0.2) is 72.9 Å². The fourth-order valence-corrected chi connectivity index (χ4v) is 5.61. The number of hydrogen-bond donors (Lipinski definition) is 0. The lowest BCUT2D eigenvalue weighted by Gasteiger charge is -2.34. The van der Waals surface area contributed by atoms with E-state index < -0.39 is 18.1 Å². The lowest BCUT2D eigenvalue weighted by Crippen LogP contribution is -2.55. The zero-order chi connectivity index (χ0) is 40.0. The van der Waals surface area contributed by atoms with Gasteiger partial charge >= 0.3 is 11.9 Å². The van der Waals surface area contributed by atoms with E-state index in [0.717, 1.165) is 77.0 Å². The molecule has 0 aromatic carbocycles. The zero-order valence-electron chi connectivity index (χ0n) is 34.9. The third-order valence-corrected chi connectivity index (χ3v) is 8.89. The van der Waals surface area contributed by atoms with Crippen molar-refractivity contribution >= 4 is 17.9 Å². The lowest BCUT2D eigenvalue weighted by molar-refractivity contribution is -0.889. The predicted octanol–water partition coefficient (Wildman–Crippen LogP) is 9.85. The van der Waals surface area contributed by atoms with Crippen molar-refractivity contribution in [3.05, 3.63) is 72.9 Å². The number of carboxylic acid groups (broad SMARTS) is 1. The van der Waals surface area contributed by atoms with Crippen molar-refractivity contribution in [3.8, 4) is 0 Å². The van der Waals surface area contributed by atoms with Gasteiger partial charge in [0, 0.05) is 19.3 Å². The first-order chi connectivity index (χ1) is 26.1. The molecule has 0 aromatic heterocycles. The number of esters is 2. The largest absolute Gasteiger partial charge is 0.544 e. The van der Waals surface area contributed by atoms with Crippen LogP contribution in [0.5, 0.6) is 0 Å². The second kappa shape index (κ2) is 36.7. The molecule has 0 N–H and O–H groups in total. The van der Waals surface area contributed by atoms with E-state index in [9.17, 15) is 19.5 Å². The molecule has 0 radical (unpaired) electrons. The number of quaternary nitrogens is 1. The minimum absolute atomic E-state index is 0.0161. The number of carbonyl (C=O) groups excluding carboxylic acids is 3. The maximum absolute atomic E-state index is 12.7. The number of rotatable bonds is 36. The maximum Gasteiger partial charge on any atom is 0.306 e. The van der Waals surface area contributed by atoms with E-state index >= 15 is 0 Å². The first kappa shape index (κ1) is 50.8. The van der Waals surface area contributed by atoms with Gasteiger partial charge in [-0.1, -0.05) is 132 Å². The van der Waals surface area contributed by atoms with Crippen molar-refractivity contribution in [1.82, 2.24) is 0 Å². The highest BCUT2D eigenvalue weighted by Gasteiger charge is 2.25. The van der Waals surface area contributed by atoms with Crippen molar-refractivity contribution in [1.29, 1.82) is 0 Å². The zero-order valence-corrected chi connectivity index (χ0v) is 34.9. The van der Waals surface area contributed by atoms with E-state index in [1.807, 2.05) is 0 Å². The first-order valence-corrected chi connectivity index (χ1v) is 21.0. The van der Waals surface area contributed by atoms with Gasteiger partial charge in [-0.15, -0.1) is 0 Å². The summed E-state index contributed by atoms with van der Waals surface area (Å²) in [6, 6.07) is -0.738. The lowest BCUT2D eigenvalue weighted by atomic mass is 10.1. The van der Waals surface area contributed by atoms with Crippen molar-refractivity contribution in [2.45, 2.75) is 161 Å². The summed E-state index contributed by atoms with van der Waals surface area (Å²) in [7, 11) is 5.37. The van der Waals surface area contributed by atoms with Crippen LogP contribution in [0.3, 0.4) is 0 Å². The van der Waals surface area contributed by atoms with Crippen LogP contribution in [0.2, 0.25) is 0 Å². The molecule has 0 rings (SSSR count). The standard InChI is InChI=1S/C46H77NO7/c1-6-8-10-12-14-16-18-20-21-22-23-24-25-27-29-31-33-35-37-45(49)54-42(40-52-39-38-43(46(50)51)47(3,4)5)41-53-44(48)36-34-32-30-28-26-19-17-15-13-11-9-7-2/h9,11,15,17-18,20-24,26,28,42-43H,6-8,10,12-14,16,19,25,27,29-41H2,1-5H3/b11-9+,17-15+,20-18+,22-21+,24-23+,28-26+. The van der Waals surface area contributed by atoms with E-state index in [0.29, 0.717) is 12.8 Å². The highest BCUT2D eigenvalue weighted by Crippen LogP contribution is 2.12. The van der Waals surface area contributed by atoms with Crippen LogP contribution in [0.4, 0.5) is 0 Å². The molecule has 0 saturated carbocycles. The Kier molecular flexibility index (Phi) is 34.5. The Morgan fingerprint density at radius 1 is 0.593 bits per heavy atom. The molecule has 0 spiro atoms. The summed E-state index contributed by atoms with van der Waals surface area (Å²) >= 11 is 0. The number of aliphatic carboxylic acids is 1. The van der Waals surface area contributed by atoms with Gasteiger partial charge in [0.05, 0.1) is 40.3 Å². The molecular formula is C46H77NO7. The normalized spacial score (nSPS) is 13.7. The number of hydrogen-bond acceptors (Lipinski definition) is 7. The molecule has 0 saturated heterocycles.